The fourth-order valence-corrected chi connectivity index (χ4v) is 6.62. The van der Waals surface area contributed by atoms with Gasteiger partial charge in [0, 0.05) is 25.4 Å². The first-order valence-electron chi connectivity index (χ1n) is 12.0. The number of likely N-dealkylation sites (tertiary alicyclic amines) is 1. The van der Waals surface area contributed by atoms with Crippen LogP contribution in [0.4, 0.5) is 13.6 Å². The Labute approximate surface area is 209 Å². The molecule has 8 heteroatoms. The number of halogens is 2. The minimum atomic E-state index is -4.83. The fraction of sp³-hybridized carbons (Fsp3) is 0.321. The van der Waals surface area contributed by atoms with Crippen LogP contribution in [0.15, 0.2) is 83.8 Å². The molecule has 0 N–H and O–H groups in total. The van der Waals surface area contributed by atoms with Crippen LogP contribution in [0.25, 0.3) is 11.1 Å². The Morgan fingerprint density at radius 3 is 2.08 bits per heavy atom. The smallest absolute Gasteiger partial charge is 0.409 e. The van der Waals surface area contributed by atoms with Crippen LogP contribution in [0.5, 0.6) is 0 Å². The summed E-state index contributed by atoms with van der Waals surface area (Å²) in [6.45, 7) is 2.16. The van der Waals surface area contributed by atoms with Crippen molar-refractivity contribution in [3.63, 3.8) is 0 Å². The van der Waals surface area contributed by atoms with Crippen molar-refractivity contribution < 1.29 is 26.7 Å². The average molecular weight is 512 g/mol. The summed E-state index contributed by atoms with van der Waals surface area (Å²) in [6, 6.07) is 22.8. The lowest BCUT2D eigenvalue weighted by Gasteiger charge is -2.22. The number of benzene rings is 3. The standard InChI is InChI=1S/C28H27F2NO4S/c1-19-16-31(17-20(19)15-28(29,30)36(33,34)21-9-3-2-4-10-21)27(32)35-18-26-24-13-7-5-11-22(24)23-12-6-8-14-25(23)26/h2-14,19-20,26H,15-18H2,1H3. The van der Waals surface area contributed by atoms with Crippen LogP contribution >= 0.6 is 0 Å². The molecule has 2 unspecified atom stereocenters. The molecule has 0 saturated carbocycles. The first-order chi connectivity index (χ1) is 17.2. The van der Waals surface area contributed by atoms with Gasteiger partial charge in [-0.3, -0.25) is 0 Å². The van der Waals surface area contributed by atoms with Crippen LogP contribution in [-0.2, 0) is 14.6 Å². The molecule has 1 aliphatic heterocycles. The Morgan fingerprint density at radius 2 is 1.47 bits per heavy atom. The lowest BCUT2D eigenvalue weighted by atomic mass is 9.95. The predicted molar refractivity (Wildman–Crippen MR) is 132 cm³/mol. The Kier molecular flexibility index (Phi) is 6.32. The molecule has 0 bridgehead atoms. The molecule has 3 aromatic rings. The quantitative estimate of drug-likeness (QED) is 0.410. The van der Waals surface area contributed by atoms with Crippen LogP contribution in [-0.4, -0.2) is 44.4 Å². The minimum Gasteiger partial charge on any atom is -0.448 e. The van der Waals surface area contributed by atoms with Crippen LogP contribution in [0.2, 0.25) is 0 Å². The SMILES string of the molecule is CC1CN(C(=O)OCC2c3ccccc3-c3ccccc32)CC1CC(F)(F)S(=O)(=O)c1ccccc1. The second-order valence-electron chi connectivity index (χ2n) is 9.60. The zero-order chi connectivity index (χ0) is 25.5. The molecule has 2 atom stereocenters. The first kappa shape index (κ1) is 24.4. The van der Waals surface area contributed by atoms with Crippen molar-refractivity contribution in [3.05, 3.63) is 90.0 Å². The molecule has 5 nitrogen and oxygen atoms in total. The van der Waals surface area contributed by atoms with Gasteiger partial charge in [0.1, 0.15) is 6.61 Å². The minimum absolute atomic E-state index is 0.0255. The lowest BCUT2D eigenvalue weighted by Crippen LogP contribution is -2.34. The fourth-order valence-electron chi connectivity index (χ4n) is 5.32. The predicted octanol–water partition coefficient (Wildman–Crippen LogP) is 5.96. The number of carbonyl (C=O) groups is 1. The van der Waals surface area contributed by atoms with E-state index in [2.05, 4.69) is 0 Å². The Hall–Kier alpha value is -3.26. The van der Waals surface area contributed by atoms with Gasteiger partial charge in [-0.05, 0) is 46.2 Å². The van der Waals surface area contributed by atoms with Crippen molar-refractivity contribution in [1.82, 2.24) is 4.90 Å². The summed E-state index contributed by atoms with van der Waals surface area (Å²) in [5.74, 6) is -1.06. The highest BCUT2D eigenvalue weighted by Gasteiger charge is 2.50. The molecule has 1 saturated heterocycles. The topological polar surface area (TPSA) is 63.7 Å². The van der Waals surface area contributed by atoms with Crippen molar-refractivity contribution in [2.75, 3.05) is 19.7 Å². The molecule has 1 aliphatic carbocycles. The van der Waals surface area contributed by atoms with Crippen LogP contribution < -0.4 is 0 Å². The van der Waals surface area contributed by atoms with Crippen molar-refractivity contribution in [2.24, 2.45) is 11.8 Å². The highest BCUT2D eigenvalue weighted by Crippen LogP contribution is 2.45. The van der Waals surface area contributed by atoms with Crippen molar-refractivity contribution in [2.45, 2.75) is 29.4 Å². The molecule has 5 rings (SSSR count). The largest absolute Gasteiger partial charge is 0.448 e. The van der Waals surface area contributed by atoms with Crippen LogP contribution in [0.3, 0.4) is 0 Å². The number of hydrogen-bond donors (Lipinski definition) is 0. The molecule has 1 fully saturated rings. The molecule has 0 radical (unpaired) electrons. The summed E-state index contributed by atoms with van der Waals surface area (Å²) < 4.78 is 60.7. The maximum Gasteiger partial charge on any atom is 0.409 e. The van der Waals surface area contributed by atoms with Gasteiger partial charge in [-0.1, -0.05) is 73.7 Å². The third-order valence-corrected chi connectivity index (χ3v) is 9.15. The Balaban J connectivity index is 1.24. The van der Waals surface area contributed by atoms with Crippen LogP contribution in [0, 0.1) is 11.8 Å². The van der Waals surface area contributed by atoms with E-state index in [1.54, 1.807) is 13.0 Å². The molecular formula is C28H27F2NO4S. The molecule has 1 amide bonds. The third-order valence-electron chi connectivity index (χ3n) is 7.31. The number of nitrogens with zero attached hydrogens (tertiary/aromatic N) is 1. The molecule has 188 valence electrons. The average Bonchev–Trinajstić information content (AvgIpc) is 3.40. The first-order valence-corrected chi connectivity index (χ1v) is 13.4. The van der Waals surface area contributed by atoms with Crippen LogP contribution in [0.1, 0.15) is 30.4 Å². The molecule has 0 aromatic heterocycles. The van der Waals surface area contributed by atoms with Crippen molar-refractivity contribution in [3.8, 4) is 11.1 Å². The van der Waals surface area contributed by atoms with Gasteiger partial charge in [0.05, 0.1) is 4.90 Å². The Bertz CT molecular complexity index is 1330. The van der Waals surface area contributed by atoms with E-state index < -0.39 is 38.4 Å². The van der Waals surface area contributed by atoms with E-state index in [1.165, 1.54) is 29.2 Å². The van der Waals surface area contributed by atoms with E-state index in [9.17, 15) is 22.0 Å². The normalized spacial score (nSPS) is 19.7. The number of rotatable bonds is 6. The summed E-state index contributed by atoms with van der Waals surface area (Å²) in [4.78, 5) is 13.9. The van der Waals surface area contributed by atoms with Gasteiger partial charge in [-0.15, -0.1) is 0 Å². The van der Waals surface area contributed by atoms with E-state index in [1.807, 2.05) is 48.5 Å². The Morgan fingerprint density at radius 1 is 0.917 bits per heavy atom. The van der Waals surface area contributed by atoms with Crippen molar-refractivity contribution >= 4 is 15.9 Å². The van der Waals surface area contributed by atoms with Gasteiger partial charge < -0.3 is 9.64 Å². The van der Waals surface area contributed by atoms with E-state index in [0.717, 1.165) is 22.3 Å². The number of amides is 1. The summed E-state index contributed by atoms with van der Waals surface area (Å²) in [6.07, 6.45) is -1.42. The second-order valence-corrected chi connectivity index (χ2v) is 11.7. The number of alkyl halides is 2. The van der Waals surface area contributed by atoms with E-state index in [4.69, 9.17) is 4.74 Å². The van der Waals surface area contributed by atoms with E-state index >= 15 is 0 Å². The van der Waals surface area contributed by atoms with Crippen molar-refractivity contribution in [1.29, 1.82) is 0 Å². The van der Waals surface area contributed by atoms with Gasteiger partial charge in [0.25, 0.3) is 0 Å². The summed E-state index contributed by atoms with van der Waals surface area (Å²) in [5.41, 5.74) is 4.41. The lowest BCUT2D eigenvalue weighted by molar-refractivity contribution is 0.0571. The molecule has 0 spiro atoms. The molecule has 1 heterocycles. The molecule has 2 aliphatic rings. The highest BCUT2D eigenvalue weighted by atomic mass is 32.2. The van der Waals surface area contributed by atoms with E-state index in [0.29, 0.717) is 0 Å². The summed E-state index contributed by atoms with van der Waals surface area (Å²) in [5, 5.41) is -3.94. The van der Waals surface area contributed by atoms with Gasteiger partial charge in [-0.25, -0.2) is 13.2 Å². The maximum atomic E-state index is 15.0. The zero-order valence-electron chi connectivity index (χ0n) is 19.8. The number of carbonyl (C=O) groups excluding carboxylic acids is 1. The monoisotopic (exact) mass is 511 g/mol. The number of fused-ring (bicyclic) bond motifs is 3. The highest BCUT2D eigenvalue weighted by molar-refractivity contribution is 7.92. The molecule has 36 heavy (non-hydrogen) atoms. The number of sulfone groups is 1. The van der Waals surface area contributed by atoms with Gasteiger partial charge in [0.15, 0.2) is 0 Å². The number of hydrogen-bond acceptors (Lipinski definition) is 4. The zero-order valence-corrected chi connectivity index (χ0v) is 20.6. The summed E-state index contributed by atoms with van der Waals surface area (Å²) >= 11 is 0. The summed E-state index contributed by atoms with van der Waals surface area (Å²) in [7, 11) is -4.83. The molecular weight excluding hydrogens is 484 g/mol. The van der Waals surface area contributed by atoms with Gasteiger partial charge in [0.2, 0.25) is 9.84 Å². The second kappa shape index (κ2) is 9.32. The van der Waals surface area contributed by atoms with E-state index in [-0.39, 0.29) is 31.5 Å². The maximum absolute atomic E-state index is 15.0. The third kappa shape index (κ3) is 4.28. The van der Waals surface area contributed by atoms with Gasteiger partial charge in [-0.2, -0.15) is 8.78 Å². The van der Waals surface area contributed by atoms with Gasteiger partial charge >= 0.3 is 11.3 Å². The molecule has 3 aromatic carbocycles. The number of ether oxygens (including phenoxy) is 1.